The zero-order chi connectivity index (χ0) is 21.6. The van der Waals surface area contributed by atoms with Crippen LogP contribution in [0.25, 0.3) is 11.3 Å². The summed E-state index contributed by atoms with van der Waals surface area (Å²) in [7, 11) is 0. The number of aryl methyl sites for hydroxylation is 1. The number of furan rings is 1. The van der Waals surface area contributed by atoms with E-state index >= 15 is 0 Å². The van der Waals surface area contributed by atoms with Gasteiger partial charge in [0.15, 0.2) is 10.9 Å². The second-order valence-electron chi connectivity index (χ2n) is 6.58. The smallest absolute Gasteiger partial charge is 0.291 e. The van der Waals surface area contributed by atoms with Gasteiger partial charge in [0.05, 0.1) is 17.7 Å². The maximum absolute atomic E-state index is 12.4. The summed E-state index contributed by atoms with van der Waals surface area (Å²) in [6, 6.07) is 20.5. The summed E-state index contributed by atoms with van der Waals surface area (Å²) in [6.45, 7) is 2.00. The number of carbonyl (C=O) groups excluding carboxylic acids is 2. The molecule has 0 aliphatic rings. The Morgan fingerprint density at radius 2 is 1.77 bits per heavy atom. The van der Waals surface area contributed by atoms with E-state index in [1.807, 2.05) is 49.4 Å². The van der Waals surface area contributed by atoms with Gasteiger partial charge in [0.1, 0.15) is 0 Å². The second kappa shape index (κ2) is 9.63. The predicted molar refractivity (Wildman–Crippen MR) is 125 cm³/mol. The molecule has 31 heavy (non-hydrogen) atoms. The molecule has 2 amide bonds. The molecule has 0 saturated heterocycles. The Bertz CT molecular complexity index is 1170. The van der Waals surface area contributed by atoms with Gasteiger partial charge in [0.2, 0.25) is 5.91 Å². The van der Waals surface area contributed by atoms with Crippen molar-refractivity contribution in [2.75, 3.05) is 16.4 Å². The Hall–Kier alpha value is -3.36. The molecule has 6 nitrogen and oxygen atoms in total. The number of aromatic nitrogens is 1. The van der Waals surface area contributed by atoms with Crippen LogP contribution >= 0.6 is 23.1 Å². The number of thioether (sulfide) groups is 1. The molecule has 0 atom stereocenters. The molecule has 0 radical (unpaired) electrons. The minimum absolute atomic E-state index is 0.117. The van der Waals surface area contributed by atoms with Gasteiger partial charge in [-0.15, -0.1) is 23.1 Å². The summed E-state index contributed by atoms with van der Waals surface area (Å²) in [5.41, 5.74) is 2.58. The van der Waals surface area contributed by atoms with Crippen LogP contribution in [-0.2, 0) is 4.79 Å². The number of hydrogen-bond acceptors (Lipinski definition) is 6. The maximum atomic E-state index is 12.4. The lowest BCUT2D eigenvalue weighted by Gasteiger charge is -2.05. The first kappa shape index (κ1) is 20.9. The molecule has 2 heterocycles. The summed E-state index contributed by atoms with van der Waals surface area (Å²) >= 11 is 2.88. The highest BCUT2D eigenvalue weighted by molar-refractivity contribution is 8.00. The first-order chi connectivity index (χ1) is 15.1. The Balaban J connectivity index is 1.29. The molecule has 2 aromatic heterocycles. The number of benzene rings is 2. The molecule has 0 aliphatic heterocycles. The molecule has 8 heteroatoms. The Morgan fingerprint density at radius 1 is 1.00 bits per heavy atom. The number of nitrogens with zero attached hydrogens (tertiary/aromatic N) is 1. The number of anilines is 2. The molecular weight excluding hydrogens is 430 g/mol. The van der Waals surface area contributed by atoms with Crippen molar-refractivity contribution < 1.29 is 14.0 Å². The van der Waals surface area contributed by atoms with Gasteiger partial charge in [-0.25, -0.2) is 4.98 Å². The van der Waals surface area contributed by atoms with Crippen molar-refractivity contribution in [2.24, 2.45) is 0 Å². The number of rotatable bonds is 7. The van der Waals surface area contributed by atoms with Crippen LogP contribution in [0.4, 0.5) is 10.8 Å². The number of amides is 2. The monoisotopic (exact) mass is 449 g/mol. The van der Waals surface area contributed by atoms with Crippen molar-refractivity contribution in [1.82, 2.24) is 4.98 Å². The van der Waals surface area contributed by atoms with Crippen LogP contribution in [0.2, 0.25) is 0 Å². The zero-order valence-electron chi connectivity index (χ0n) is 16.6. The average Bonchev–Trinajstić information content (AvgIpc) is 3.44. The standard InChI is InChI=1S/C23H19N3O3S2/c1-15-21(16-6-3-2-4-7-16)26-23(31-15)25-20(27)14-30-18-11-9-17(10-12-18)24-22(28)19-8-5-13-29-19/h2-13H,14H2,1H3,(H,24,28)(H,25,26,27). The highest BCUT2D eigenvalue weighted by Crippen LogP contribution is 2.30. The van der Waals surface area contributed by atoms with Crippen molar-refractivity contribution in [3.8, 4) is 11.3 Å². The van der Waals surface area contributed by atoms with Gasteiger partial charge in [0.25, 0.3) is 5.91 Å². The zero-order valence-corrected chi connectivity index (χ0v) is 18.3. The van der Waals surface area contributed by atoms with Crippen LogP contribution < -0.4 is 10.6 Å². The van der Waals surface area contributed by atoms with Crippen LogP contribution in [0.3, 0.4) is 0 Å². The molecule has 0 unspecified atom stereocenters. The predicted octanol–water partition coefficient (Wildman–Crippen LogP) is 5.69. The number of nitrogens with one attached hydrogen (secondary N) is 2. The SMILES string of the molecule is Cc1sc(NC(=O)CSc2ccc(NC(=O)c3ccco3)cc2)nc1-c1ccccc1. The van der Waals surface area contributed by atoms with Gasteiger partial charge in [0, 0.05) is 21.0 Å². The van der Waals surface area contributed by atoms with E-state index in [-0.39, 0.29) is 23.3 Å². The van der Waals surface area contributed by atoms with Gasteiger partial charge in [-0.2, -0.15) is 0 Å². The molecule has 0 aliphatic carbocycles. The number of carbonyl (C=O) groups is 2. The summed E-state index contributed by atoms with van der Waals surface area (Å²) in [5, 5.41) is 6.23. The molecule has 0 fully saturated rings. The van der Waals surface area contributed by atoms with Crippen molar-refractivity contribution in [2.45, 2.75) is 11.8 Å². The molecule has 2 aromatic carbocycles. The topological polar surface area (TPSA) is 84.2 Å². The van der Waals surface area contributed by atoms with E-state index in [1.165, 1.54) is 29.4 Å². The van der Waals surface area contributed by atoms with E-state index in [2.05, 4.69) is 15.6 Å². The Labute approximate surface area is 187 Å². The lowest BCUT2D eigenvalue weighted by Crippen LogP contribution is -2.13. The van der Waals surface area contributed by atoms with Crippen molar-refractivity contribution in [3.63, 3.8) is 0 Å². The fourth-order valence-corrected chi connectivity index (χ4v) is 4.40. The third-order valence-corrected chi connectivity index (χ3v) is 6.22. The summed E-state index contributed by atoms with van der Waals surface area (Å²) in [5.74, 6) is 0.0899. The van der Waals surface area contributed by atoms with Gasteiger partial charge in [-0.05, 0) is 43.3 Å². The quantitative estimate of drug-likeness (QED) is 0.354. The lowest BCUT2D eigenvalue weighted by molar-refractivity contribution is -0.113. The second-order valence-corrected chi connectivity index (χ2v) is 8.83. The fraction of sp³-hybridized carbons (Fsp3) is 0.0870. The van der Waals surface area contributed by atoms with Crippen molar-refractivity contribution >= 4 is 45.7 Å². The summed E-state index contributed by atoms with van der Waals surface area (Å²) in [4.78, 5) is 30.9. The van der Waals surface area contributed by atoms with E-state index < -0.39 is 0 Å². The molecule has 4 aromatic rings. The third-order valence-electron chi connectivity index (χ3n) is 4.32. The van der Waals surface area contributed by atoms with Crippen LogP contribution in [0.1, 0.15) is 15.4 Å². The molecule has 4 rings (SSSR count). The third kappa shape index (κ3) is 5.42. The first-order valence-electron chi connectivity index (χ1n) is 9.49. The van der Waals surface area contributed by atoms with E-state index in [0.29, 0.717) is 10.8 Å². The van der Waals surface area contributed by atoms with Gasteiger partial charge < -0.3 is 15.1 Å². The normalized spacial score (nSPS) is 10.6. The number of hydrogen-bond donors (Lipinski definition) is 2. The molecule has 156 valence electrons. The van der Waals surface area contributed by atoms with Gasteiger partial charge in [-0.3, -0.25) is 9.59 Å². The maximum Gasteiger partial charge on any atom is 0.291 e. The van der Waals surface area contributed by atoms with Gasteiger partial charge in [-0.1, -0.05) is 30.3 Å². The largest absolute Gasteiger partial charge is 0.459 e. The minimum Gasteiger partial charge on any atom is -0.459 e. The fourth-order valence-electron chi connectivity index (χ4n) is 2.85. The number of thiazole rings is 1. The Morgan fingerprint density at radius 3 is 2.48 bits per heavy atom. The van der Waals surface area contributed by atoms with Crippen LogP contribution in [0, 0.1) is 6.92 Å². The molecule has 0 bridgehead atoms. The average molecular weight is 450 g/mol. The van der Waals surface area contributed by atoms with Crippen LogP contribution in [0.15, 0.2) is 82.3 Å². The van der Waals surface area contributed by atoms with E-state index in [1.54, 1.807) is 24.3 Å². The Kier molecular flexibility index (Phi) is 6.49. The van der Waals surface area contributed by atoms with E-state index in [4.69, 9.17) is 4.42 Å². The van der Waals surface area contributed by atoms with Crippen molar-refractivity contribution in [1.29, 1.82) is 0 Å². The van der Waals surface area contributed by atoms with Crippen molar-refractivity contribution in [3.05, 3.63) is 83.6 Å². The van der Waals surface area contributed by atoms with Gasteiger partial charge >= 0.3 is 0 Å². The summed E-state index contributed by atoms with van der Waals surface area (Å²) < 4.78 is 5.07. The lowest BCUT2D eigenvalue weighted by atomic mass is 10.1. The van der Waals surface area contributed by atoms with E-state index in [9.17, 15) is 9.59 Å². The highest BCUT2D eigenvalue weighted by Gasteiger charge is 2.12. The van der Waals surface area contributed by atoms with Crippen LogP contribution in [0.5, 0.6) is 0 Å². The van der Waals surface area contributed by atoms with E-state index in [0.717, 1.165) is 21.0 Å². The molecule has 0 spiro atoms. The highest BCUT2D eigenvalue weighted by atomic mass is 32.2. The molecular formula is C23H19N3O3S2. The summed E-state index contributed by atoms with van der Waals surface area (Å²) in [6.07, 6.45) is 1.45. The minimum atomic E-state index is -0.307. The molecule has 0 saturated carbocycles. The van der Waals surface area contributed by atoms with Crippen LogP contribution in [-0.4, -0.2) is 22.6 Å². The first-order valence-corrected chi connectivity index (χ1v) is 11.3. The molecule has 2 N–H and O–H groups in total.